The van der Waals surface area contributed by atoms with Crippen LogP contribution in [0.2, 0.25) is 0 Å². The Morgan fingerprint density at radius 1 is 1.11 bits per heavy atom. The SMILES string of the molecule is NC(=O)c1ccsc1NC(=O)C[NH+]1CCc2sccc2[C@@H]1c1ccccc1. The third kappa shape index (κ3) is 3.66. The van der Waals surface area contributed by atoms with Gasteiger partial charge >= 0.3 is 0 Å². The number of hydrogen-bond acceptors (Lipinski definition) is 4. The van der Waals surface area contributed by atoms with Gasteiger partial charge in [0.15, 0.2) is 6.54 Å². The van der Waals surface area contributed by atoms with Crippen LogP contribution in [0.1, 0.15) is 32.4 Å². The second-order valence-electron chi connectivity index (χ2n) is 6.55. The zero-order valence-electron chi connectivity index (χ0n) is 14.6. The lowest BCUT2D eigenvalue weighted by molar-refractivity contribution is -0.919. The van der Waals surface area contributed by atoms with Crippen LogP contribution in [-0.4, -0.2) is 24.9 Å². The van der Waals surface area contributed by atoms with Gasteiger partial charge in [0.25, 0.3) is 11.8 Å². The van der Waals surface area contributed by atoms with Gasteiger partial charge in [-0.05, 0) is 22.9 Å². The highest BCUT2D eigenvalue weighted by Crippen LogP contribution is 2.29. The van der Waals surface area contributed by atoms with E-state index in [1.54, 1.807) is 22.8 Å². The fraction of sp³-hybridized carbons (Fsp3) is 0.200. The van der Waals surface area contributed by atoms with Gasteiger partial charge in [-0.25, -0.2) is 0 Å². The number of amides is 2. The maximum Gasteiger partial charge on any atom is 0.280 e. The van der Waals surface area contributed by atoms with E-state index in [1.807, 2.05) is 18.2 Å². The molecular formula is C20H20N3O2S2+. The molecule has 0 saturated heterocycles. The van der Waals surface area contributed by atoms with E-state index in [2.05, 4.69) is 28.9 Å². The minimum atomic E-state index is -0.526. The van der Waals surface area contributed by atoms with Crippen LogP contribution in [0, 0.1) is 0 Å². The molecule has 5 nitrogen and oxygen atoms in total. The predicted octanol–water partition coefficient (Wildman–Crippen LogP) is 2.08. The molecule has 0 fully saturated rings. The van der Waals surface area contributed by atoms with Crippen molar-refractivity contribution in [3.05, 3.63) is 74.8 Å². The summed E-state index contributed by atoms with van der Waals surface area (Å²) in [4.78, 5) is 26.8. The van der Waals surface area contributed by atoms with E-state index in [0.29, 0.717) is 17.1 Å². The summed E-state index contributed by atoms with van der Waals surface area (Å²) < 4.78 is 0. The summed E-state index contributed by atoms with van der Waals surface area (Å²) in [5.74, 6) is -0.628. The van der Waals surface area contributed by atoms with Gasteiger partial charge in [0, 0.05) is 22.4 Å². The highest BCUT2D eigenvalue weighted by Gasteiger charge is 2.34. The first kappa shape index (κ1) is 17.9. The Hall–Kier alpha value is -2.48. The summed E-state index contributed by atoms with van der Waals surface area (Å²) in [5, 5.41) is 7.29. The van der Waals surface area contributed by atoms with E-state index in [0.717, 1.165) is 13.0 Å². The molecule has 0 spiro atoms. The Morgan fingerprint density at radius 3 is 2.67 bits per heavy atom. The van der Waals surface area contributed by atoms with Crippen LogP contribution in [0.15, 0.2) is 53.2 Å². The molecule has 3 heterocycles. The first-order chi connectivity index (χ1) is 13.1. The molecule has 4 rings (SSSR count). The van der Waals surface area contributed by atoms with Crippen LogP contribution in [0.3, 0.4) is 0 Å². The molecule has 0 radical (unpaired) electrons. The molecule has 2 aromatic heterocycles. The van der Waals surface area contributed by atoms with E-state index >= 15 is 0 Å². The van der Waals surface area contributed by atoms with Crippen LogP contribution in [0.5, 0.6) is 0 Å². The maximum atomic E-state index is 12.7. The lowest BCUT2D eigenvalue weighted by Gasteiger charge is -2.32. The van der Waals surface area contributed by atoms with Gasteiger partial charge in [0.1, 0.15) is 11.0 Å². The van der Waals surface area contributed by atoms with Gasteiger partial charge in [-0.15, -0.1) is 22.7 Å². The number of fused-ring (bicyclic) bond motifs is 1. The molecular weight excluding hydrogens is 378 g/mol. The molecule has 0 bridgehead atoms. The van der Waals surface area contributed by atoms with E-state index in [1.165, 1.54) is 32.2 Å². The van der Waals surface area contributed by atoms with Crippen LogP contribution >= 0.6 is 22.7 Å². The quantitative estimate of drug-likeness (QED) is 0.615. The maximum absolute atomic E-state index is 12.7. The van der Waals surface area contributed by atoms with Crippen molar-refractivity contribution >= 4 is 39.5 Å². The number of rotatable bonds is 5. The van der Waals surface area contributed by atoms with Crippen LogP contribution in [0.4, 0.5) is 5.00 Å². The molecule has 1 aromatic carbocycles. The van der Waals surface area contributed by atoms with E-state index in [9.17, 15) is 9.59 Å². The van der Waals surface area contributed by atoms with Crippen molar-refractivity contribution < 1.29 is 14.5 Å². The number of nitrogens with one attached hydrogen (secondary N) is 2. The van der Waals surface area contributed by atoms with E-state index in [4.69, 9.17) is 5.73 Å². The summed E-state index contributed by atoms with van der Waals surface area (Å²) in [6.45, 7) is 1.23. The Labute approximate surface area is 165 Å². The van der Waals surface area contributed by atoms with Gasteiger partial charge in [0.2, 0.25) is 0 Å². The van der Waals surface area contributed by atoms with Crippen LogP contribution in [-0.2, 0) is 11.2 Å². The molecule has 4 N–H and O–H groups in total. The van der Waals surface area contributed by atoms with Gasteiger partial charge in [-0.1, -0.05) is 30.3 Å². The average Bonchev–Trinajstić information content (AvgIpc) is 3.31. The minimum Gasteiger partial charge on any atom is -0.366 e. The fourth-order valence-electron chi connectivity index (χ4n) is 3.68. The van der Waals surface area contributed by atoms with Crippen molar-refractivity contribution in [2.75, 3.05) is 18.4 Å². The molecule has 7 heteroatoms. The molecule has 2 atom stereocenters. The summed E-state index contributed by atoms with van der Waals surface area (Å²) >= 11 is 3.11. The molecule has 138 valence electrons. The van der Waals surface area contributed by atoms with Crippen molar-refractivity contribution in [3.63, 3.8) is 0 Å². The van der Waals surface area contributed by atoms with Crippen LogP contribution < -0.4 is 16.0 Å². The molecule has 2 amide bonds. The molecule has 3 aromatic rings. The molecule has 0 saturated carbocycles. The zero-order chi connectivity index (χ0) is 18.8. The number of carbonyl (C=O) groups excluding carboxylic acids is 2. The highest BCUT2D eigenvalue weighted by molar-refractivity contribution is 7.14. The summed E-state index contributed by atoms with van der Waals surface area (Å²) in [5.41, 5.74) is 8.26. The van der Waals surface area contributed by atoms with Crippen molar-refractivity contribution in [2.45, 2.75) is 12.5 Å². The topological polar surface area (TPSA) is 76.6 Å². The van der Waals surface area contributed by atoms with E-state index in [-0.39, 0.29) is 11.9 Å². The first-order valence-electron chi connectivity index (χ1n) is 8.76. The number of anilines is 1. The number of hydrogen-bond donors (Lipinski definition) is 3. The number of primary amides is 1. The van der Waals surface area contributed by atoms with Crippen molar-refractivity contribution in [1.29, 1.82) is 0 Å². The lowest BCUT2D eigenvalue weighted by Crippen LogP contribution is -3.14. The third-order valence-electron chi connectivity index (χ3n) is 4.88. The molecule has 27 heavy (non-hydrogen) atoms. The van der Waals surface area contributed by atoms with Crippen molar-refractivity contribution in [1.82, 2.24) is 0 Å². The minimum absolute atomic E-state index is 0.102. The van der Waals surface area contributed by atoms with Gasteiger partial charge in [0.05, 0.1) is 12.1 Å². The Balaban J connectivity index is 1.56. The Bertz CT molecular complexity index is 965. The molecule has 1 unspecified atom stereocenters. The summed E-state index contributed by atoms with van der Waals surface area (Å²) in [7, 11) is 0. The van der Waals surface area contributed by atoms with Crippen molar-refractivity contribution in [2.24, 2.45) is 5.73 Å². The van der Waals surface area contributed by atoms with Gasteiger partial charge in [-0.2, -0.15) is 0 Å². The number of quaternary nitrogens is 1. The van der Waals surface area contributed by atoms with E-state index < -0.39 is 5.91 Å². The average molecular weight is 399 g/mol. The second-order valence-corrected chi connectivity index (χ2v) is 8.47. The third-order valence-corrected chi connectivity index (χ3v) is 6.70. The zero-order valence-corrected chi connectivity index (χ0v) is 16.2. The smallest absolute Gasteiger partial charge is 0.280 e. The standard InChI is InChI=1S/C20H19N3O2S2/c21-19(25)15-8-11-27-20(15)22-17(24)12-23-9-6-16-14(7-10-26-16)18(23)13-4-2-1-3-5-13/h1-5,7-8,10-11,18H,6,9,12H2,(H2,21,25)(H,22,24)/p+1/t18-/m0/s1. The Kier molecular flexibility index (Phi) is 5.07. The highest BCUT2D eigenvalue weighted by atomic mass is 32.1. The fourth-order valence-corrected chi connectivity index (χ4v) is 5.41. The molecule has 1 aliphatic rings. The summed E-state index contributed by atoms with van der Waals surface area (Å²) in [6.07, 6.45) is 0.977. The lowest BCUT2D eigenvalue weighted by atomic mass is 9.93. The first-order valence-corrected chi connectivity index (χ1v) is 10.5. The largest absolute Gasteiger partial charge is 0.366 e. The number of benzene rings is 1. The number of carbonyl (C=O) groups is 2. The van der Waals surface area contributed by atoms with Gasteiger partial charge < -0.3 is 16.0 Å². The molecule has 0 aliphatic carbocycles. The number of thiophene rings is 2. The van der Waals surface area contributed by atoms with Crippen LogP contribution in [0.25, 0.3) is 0 Å². The molecule has 1 aliphatic heterocycles. The predicted molar refractivity (Wildman–Crippen MR) is 108 cm³/mol. The van der Waals surface area contributed by atoms with Gasteiger partial charge in [-0.3, -0.25) is 9.59 Å². The van der Waals surface area contributed by atoms with Crippen molar-refractivity contribution in [3.8, 4) is 0 Å². The summed E-state index contributed by atoms with van der Waals surface area (Å²) in [6, 6.07) is 14.3. The Morgan fingerprint density at radius 2 is 1.89 bits per heavy atom. The number of nitrogens with two attached hydrogens (primary N) is 1. The second kappa shape index (κ2) is 7.64. The normalized spacial score (nSPS) is 18.7. The monoisotopic (exact) mass is 398 g/mol.